The number of nitrogens with zero attached hydrogens (tertiary/aromatic N) is 1. The van der Waals surface area contributed by atoms with Gasteiger partial charge in [0, 0.05) is 25.2 Å². The van der Waals surface area contributed by atoms with Crippen LogP contribution in [-0.2, 0) is 5.54 Å². The van der Waals surface area contributed by atoms with Crippen LogP contribution in [0.15, 0.2) is 30.3 Å². The molecule has 1 saturated heterocycles. The number of piperazine rings is 1. The van der Waals surface area contributed by atoms with Crippen molar-refractivity contribution >= 4 is 0 Å². The molecule has 1 aliphatic heterocycles. The van der Waals surface area contributed by atoms with Crippen LogP contribution in [-0.4, -0.2) is 30.1 Å². The quantitative estimate of drug-likeness (QED) is 0.904. The minimum atomic E-state index is 0.0514. The Bertz CT molecular complexity index is 440. The summed E-state index contributed by atoms with van der Waals surface area (Å²) in [5, 5.41) is 3.83. The molecule has 21 heavy (non-hydrogen) atoms. The molecule has 1 heterocycles. The van der Waals surface area contributed by atoms with Crippen LogP contribution in [0.1, 0.15) is 47.1 Å². The van der Waals surface area contributed by atoms with Gasteiger partial charge in [0.15, 0.2) is 0 Å². The first-order valence-corrected chi connectivity index (χ1v) is 8.41. The molecule has 0 bridgehead atoms. The Hall–Kier alpha value is -0.860. The number of hydrogen-bond acceptors (Lipinski definition) is 2. The molecule has 2 rings (SSSR count). The lowest BCUT2D eigenvalue weighted by Gasteiger charge is -2.51. The highest BCUT2D eigenvalue weighted by Gasteiger charge is 2.40. The molecule has 0 spiro atoms. The summed E-state index contributed by atoms with van der Waals surface area (Å²) in [6, 6.07) is 12.1. The van der Waals surface area contributed by atoms with Gasteiger partial charge in [-0.2, -0.15) is 0 Å². The molecular formula is C19H32N2. The van der Waals surface area contributed by atoms with E-state index in [-0.39, 0.29) is 5.54 Å². The van der Waals surface area contributed by atoms with Crippen molar-refractivity contribution in [3.8, 4) is 0 Å². The molecule has 0 aliphatic carbocycles. The van der Waals surface area contributed by atoms with E-state index in [1.165, 1.54) is 5.56 Å². The van der Waals surface area contributed by atoms with Gasteiger partial charge in [-0.3, -0.25) is 4.90 Å². The minimum absolute atomic E-state index is 0.0514. The second-order valence-electron chi connectivity index (χ2n) is 7.55. The Morgan fingerprint density at radius 2 is 1.71 bits per heavy atom. The van der Waals surface area contributed by atoms with Gasteiger partial charge in [-0.05, 0) is 31.2 Å². The molecule has 2 nitrogen and oxygen atoms in total. The normalized spacial score (nSPS) is 29.0. The summed E-state index contributed by atoms with van der Waals surface area (Å²) in [7, 11) is 0. The molecule has 3 atom stereocenters. The maximum absolute atomic E-state index is 3.83. The fraction of sp³-hybridized carbons (Fsp3) is 0.684. The molecule has 1 aromatic rings. The topological polar surface area (TPSA) is 15.3 Å². The van der Waals surface area contributed by atoms with Crippen LogP contribution in [0.25, 0.3) is 0 Å². The lowest BCUT2D eigenvalue weighted by atomic mass is 9.84. The van der Waals surface area contributed by atoms with E-state index in [0.717, 1.165) is 13.1 Å². The van der Waals surface area contributed by atoms with Gasteiger partial charge in [0.25, 0.3) is 0 Å². The van der Waals surface area contributed by atoms with Crippen LogP contribution in [0.3, 0.4) is 0 Å². The predicted molar refractivity (Wildman–Crippen MR) is 91.4 cm³/mol. The van der Waals surface area contributed by atoms with Gasteiger partial charge in [0.05, 0.1) is 5.54 Å². The van der Waals surface area contributed by atoms with Crippen LogP contribution >= 0.6 is 0 Å². The highest BCUT2D eigenvalue weighted by Crippen LogP contribution is 2.31. The molecule has 1 N–H and O–H groups in total. The van der Waals surface area contributed by atoms with Gasteiger partial charge in [-0.1, -0.05) is 58.0 Å². The SMILES string of the molecule is CC(C)C(C)N1CC(C)(c2ccccc2)NCC1C(C)C. The Labute approximate surface area is 130 Å². The molecule has 0 saturated carbocycles. The van der Waals surface area contributed by atoms with Gasteiger partial charge in [-0.25, -0.2) is 0 Å². The number of nitrogens with one attached hydrogen (secondary N) is 1. The largest absolute Gasteiger partial charge is 0.305 e. The van der Waals surface area contributed by atoms with Crippen molar-refractivity contribution in [2.75, 3.05) is 13.1 Å². The Balaban J connectivity index is 2.26. The van der Waals surface area contributed by atoms with E-state index in [1.54, 1.807) is 0 Å². The molecule has 0 aromatic heterocycles. The van der Waals surface area contributed by atoms with Gasteiger partial charge in [0.1, 0.15) is 0 Å². The van der Waals surface area contributed by atoms with Crippen molar-refractivity contribution in [1.29, 1.82) is 0 Å². The van der Waals surface area contributed by atoms with Crippen molar-refractivity contribution in [2.45, 2.75) is 59.2 Å². The first kappa shape index (κ1) is 16.5. The minimum Gasteiger partial charge on any atom is -0.305 e. The maximum Gasteiger partial charge on any atom is 0.0535 e. The zero-order valence-corrected chi connectivity index (χ0v) is 14.6. The second-order valence-corrected chi connectivity index (χ2v) is 7.55. The Kier molecular flexibility index (Phi) is 5.11. The number of rotatable bonds is 4. The highest BCUT2D eigenvalue weighted by atomic mass is 15.3. The zero-order chi connectivity index (χ0) is 15.6. The summed E-state index contributed by atoms with van der Waals surface area (Å²) in [5.74, 6) is 1.36. The molecule has 1 aromatic carbocycles. The van der Waals surface area contributed by atoms with Crippen LogP contribution in [0.4, 0.5) is 0 Å². The monoisotopic (exact) mass is 288 g/mol. The molecule has 118 valence electrons. The molecule has 0 radical (unpaired) electrons. The number of hydrogen-bond donors (Lipinski definition) is 1. The van der Waals surface area contributed by atoms with Gasteiger partial charge < -0.3 is 5.32 Å². The fourth-order valence-corrected chi connectivity index (χ4v) is 3.43. The third kappa shape index (κ3) is 3.49. The Morgan fingerprint density at radius 3 is 2.24 bits per heavy atom. The first-order valence-electron chi connectivity index (χ1n) is 8.41. The summed E-state index contributed by atoms with van der Waals surface area (Å²) >= 11 is 0. The predicted octanol–water partition coefficient (Wildman–Crippen LogP) is 3.88. The molecule has 1 aliphatic rings. The van der Waals surface area contributed by atoms with Crippen LogP contribution < -0.4 is 5.32 Å². The average Bonchev–Trinajstić information content (AvgIpc) is 2.47. The lowest BCUT2D eigenvalue weighted by Crippen LogP contribution is -2.65. The van der Waals surface area contributed by atoms with E-state index in [4.69, 9.17) is 0 Å². The summed E-state index contributed by atoms with van der Waals surface area (Å²) < 4.78 is 0. The summed E-state index contributed by atoms with van der Waals surface area (Å²) in [5.41, 5.74) is 1.45. The first-order chi connectivity index (χ1) is 9.85. The summed E-state index contributed by atoms with van der Waals surface area (Å²) in [6.45, 7) is 16.2. The molecule has 1 fully saturated rings. The molecule has 0 amide bonds. The van der Waals surface area contributed by atoms with E-state index < -0.39 is 0 Å². The van der Waals surface area contributed by atoms with Crippen LogP contribution in [0.2, 0.25) is 0 Å². The zero-order valence-electron chi connectivity index (χ0n) is 14.6. The van der Waals surface area contributed by atoms with Gasteiger partial charge in [0.2, 0.25) is 0 Å². The van der Waals surface area contributed by atoms with E-state index >= 15 is 0 Å². The third-order valence-corrected chi connectivity index (χ3v) is 5.29. The van der Waals surface area contributed by atoms with Crippen LogP contribution in [0.5, 0.6) is 0 Å². The smallest absolute Gasteiger partial charge is 0.0535 e. The molecule has 2 heteroatoms. The van der Waals surface area contributed by atoms with Gasteiger partial charge >= 0.3 is 0 Å². The van der Waals surface area contributed by atoms with Crippen LogP contribution in [0, 0.1) is 11.8 Å². The maximum atomic E-state index is 3.83. The van der Waals surface area contributed by atoms with Gasteiger partial charge in [-0.15, -0.1) is 0 Å². The summed E-state index contributed by atoms with van der Waals surface area (Å²) in [6.07, 6.45) is 0. The van der Waals surface area contributed by atoms with E-state index in [9.17, 15) is 0 Å². The second kappa shape index (κ2) is 6.50. The van der Waals surface area contributed by atoms with Crippen molar-refractivity contribution in [3.63, 3.8) is 0 Å². The standard InChI is InChI=1S/C19H32N2/c1-14(2)16(5)21-13-19(6,17-10-8-7-9-11-17)20-12-18(21)15(3)4/h7-11,14-16,18,20H,12-13H2,1-6H3. The average molecular weight is 288 g/mol. The van der Waals surface area contributed by atoms with E-state index in [0.29, 0.717) is 23.9 Å². The van der Waals surface area contributed by atoms with E-state index in [2.05, 4.69) is 82.1 Å². The Morgan fingerprint density at radius 1 is 1.10 bits per heavy atom. The van der Waals surface area contributed by atoms with Crippen molar-refractivity contribution in [2.24, 2.45) is 11.8 Å². The van der Waals surface area contributed by atoms with Crippen molar-refractivity contribution < 1.29 is 0 Å². The molecular weight excluding hydrogens is 256 g/mol. The lowest BCUT2D eigenvalue weighted by molar-refractivity contribution is 0.0151. The number of benzene rings is 1. The van der Waals surface area contributed by atoms with E-state index in [1.807, 2.05) is 0 Å². The van der Waals surface area contributed by atoms with Crippen molar-refractivity contribution in [3.05, 3.63) is 35.9 Å². The third-order valence-electron chi connectivity index (χ3n) is 5.29. The fourth-order valence-electron chi connectivity index (χ4n) is 3.43. The molecule has 3 unspecified atom stereocenters. The summed E-state index contributed by atoms with van der Waals surface area (Å²) in [4.78, 5) is 2.73. The highest BCUT2D eigenvalue weighted by molar-refractivity contribution is 5.25. The van der Waals surface area contributed by atoms with Crippen molar-refractivity contribution in [1.82, 2.24) is 10.2 Å².